The molecule has 2 heterocycles. The lowest BCUT2D eigenvalue weighted by Gasteiger charge is -2.14. The molecule has 0 fully saturated rings. The smallest absolute Gasteiger partial charge is 0.224 e. The summed E-state index contributed by atoms with van der Waals surface area (Å²) in [6, 6.07) is 7.97. The van der Waals surface area contributed by atoms with E-state index in [1.165, 1.54) is 0 Å². The van der Waals surface area contributed by atoms with Crippen molar-refractivity contribution in [1.82, 2.24) is 19.7 Å². The molecule has 3 rings (SSSR count). The lowest BCUT2D eigenvalue weighted by molar-refractivity contribution is -0.119. The fourth-order valence-corrected chi connectivity index (χ4v) is 3.19. The zero-order valence-corrected chi connectivity index (χ0v) is 16.0. The van der Waals surface area contributed by atoms with Crippen molar-refractivity contribution in [2.75, 3.05) is 0 Å². The molecule has 0 aliphatic carbocycles. The summed E-state index contributed by atoms with van der Waals surface area (Å²) in [6.45, 7) is 3.88. The van der Waals surface area contributed by atoms with Gasteiger partial charge in [0.25, 0.3) is 0 Å². The minimum atomic E-state index is -0.306. The predicted molar refractivity (Wildman–Crippen MR) is 104 cm³/mol. The van der Waals surface area contributed by atoms with Crippen molar-refractivity contribution in [3.8, 4) is 0 Å². The van der Waals surface area contributed by atoms with Crippen LogP contribution in [0.5, 0.6) is 0 Å². The summed E-state index contributed by atoms with van der Waals surface area (Å²) in [7, 11) is 1.90. The van der Waals surface area contributed by atoms with Gasteiger partial charge in [0.05, 0.1) is 12.1 Å². The topological polar surface area (TPSA) is 86.7 Å². The first-order valence-corrected chi connectivity index (χ1v) is 9.10. The Bertz CT molecular complexity index is 947. The van der Waals surface area contributed by atoms with Gasteiger partial charge in [-0.25, -0.2) is 9.97 Å². The van der Waals surface area contributed by atoms with Gasteiger partial charge in [-0.2, -0.15) is 5.10 Å². The number of rotatable bonds is 7. The second-order valence-corrected chi connectivity index (χ2v) is 6.94. The van der Waals surface area contributed by atoms with Crippen molar-refractivity contribution in [3.63, 3.8) is 0 Å². The Morgan fingerprint density at radius 1 is 1.22 bits per heavy atom. The van der Waals surface area contributed by atoms with Crippen molar-refractivity contribution < 1.29 is 4.79 Å². The molecule has 1 atom stereocenters. The number of primary amides is 1. The van der Waals surface area contributed by atoms with Gasteiger partial charge in [-0.3, -0.25) is 9.48 Å². The van der Waals surface area contributed by atoms with Crippen LogP contribution in [-0.4, -0.2) is 25.7 Å². The maximum Gasteiger partial charge on any atom is 0.224 e. The molecule has 6 nitrogen and oxygen atoms in total. The van der Waals surface area contributed by atoms with Gasteiger partial charge in [-0.1, -0.05) is 24.3 Å². The number of aromatic nitrogens is 4. The molecule has 0 aliphatic rings. The molecule has 1 aromatic carbocycles. The highest BCUT2D eigenvalue weighted by molar-refractivity contribution is 5.81. The van der Waals surface area contributed by atoms with Gasteiger partial charge in [-0.15, -0.1) is 0 Å². The monoisotopic (exact) mass is 363 g/mol. The largest absolute Gasteiger partial charge is 0.369 e. The molecule has 0 radical (unpaired) electrons. The zero-order valence-electron chi connectivity index (χ0n) is 16.0. The van der Waals surface area contributed by atoms with E-state index >= 15 is 0 Å². The highest BCUT2D eigenvalue weighted by Crippen LogP contribution is 2.21. The Hall–Kier alpha value is -3.02. The molecule has 1 amide bonds. The number of amides is 1. The standard InChI is InChI=1S/C21H25N5O/c1-14-11-23-20(10-16-12-24-26(3)13-16)25-19(14)9-8-17-6-4-5-7-18(17)15(2)21(22)27/h4-7,11-13,15H,8-10H2,1-3H3,(H2,22,27)/t15-/m0/s1. The van der Waals surface area contributed by atoms with Crippen molar-refractivity contribution in [2.24, 2.45) is 12.8 Å². The number of aryl methyl sites for hydroxylation is 4. The van der Waals surface area contributed by atoms with Crippen molar-refractivity contribution in [3.05, 3.63) is 76.6 Å². The van der Waals surface area contributed by atoms with E-state index in [4.69, 9.17) is 10.7 Å². The molecule has 0 saturated carbocycles. The molecule has 0 aliphatic heterocycles. The number of nitrogens with zero attached hydrogens (tertiary/aromatic N) is 4. The van der Waals surface area contributed by atoms with Gasteiger partial charge >= 0.3 is 0 Å². The molecule has 2 aromatic heterocycles. The van der Waals surface area contributed by atoms with Crippen LogP contribution in [-0.2, 0) is 31.1 Å². The van der Waals surface area contributed by atoms with Crippen LogP contribution >= 0.6 is 0 Å². The maximum atomic E-state index is 11.6. The fraction of sp³-hybridized carbons (Fsp3) is 0.333. The van der Waals surface area contributed by atoms with Crippen LogP contribution in [0, 0.1) is 6.92 Å². The Morgan fingerprint density at radius 2 is 2.00 bits per heavy atom. The van der Waals surface area contributed by atoms with E-state index in [9.17, 15) is 4.79 Å². The third-order valence-corrected chi connectivity index (χ3v) is 4.83. The number of benzene rings is 1. The second-order valence-electron chi connectivity index (χ2n) is 6.94. The highest BCUT2D eigenvalue weighted by atomic mass is 16.1. The number of carbonyl (C=O) groups is 1. The highest BCUT2D eigenvalue weighted by Gasteiger charge is 2.15. The van der Waals surface area contributed by atoms with Gasteiger partial charge in [-0.05, 0) is 48.9 Å². The minimum Gasteiger partial charge on any atom is -0.369 e. The lowest BCUT2D eigenvalue weighted by atomic mass is 9.92. The van der Waals surface area contributed by atoms with Crippen LogP contribution in [0.2, 0.25) is 0 Å². The summed E-state index contributed by atoms with van der Waals surface area (Å²) in [5.74, 6) is 0.190. The van der Waals surface area contributed by atoms with Crippen molar-refractivity contribution in [1.29, 1.82) is 0 Å². The first kappa shape index (κ1) is 18.8. The number of carbonyl (C=O) groups excluding carboxylic acids is 1. The first-order chi connectivity index (χ1) is 12.9. The van der Waals surface area contributed by atoms with E-state index in [2.05, 4.69) is 16.1 Å². The third-order valence-electron chi connectivity index (χ3n) is 4.83. The van der Waals surface area contributed by atoms with Gasteiger partial charge in [0, 0.05) is 31.6 Å². The normalized spacial score (nSPS) is 12.1. The summed E-state index contributed by atoms with van der Waals surface area (Å²) in [5, 5.41) is 4.19. The Labute approximate surface area is 159 Å². The number of hydrogen-bond donors (Lipinski definition) is 1. The summed E-state index contributed by atoms with van der Waals surface area (Å²) >= 11 is 0. The van der Waals surface area contributed by atoms with E-state index in [1.54, 1.807) is 4.68 Å². The molecule has 0 unspecified atom stereocenters. The molecule has 0 saturated heterocycles. The van der Waals surface area contributed by atoms with E-state index < -0.39 is 0 Å². The van der Waals surface area contributed by atoms with Crippen LogP contribution in [0.4, 0.5) is 0 Å². The van der Waals surface area contributed by atoms with E-state index in [1.807, 2.05) is 57.7 Å². The summed E-state index contributed by atoms with van der Waals surface area (Å²) in [6.07, 6.45) is 7.95. The Morgan fingerprint density at radius 3 is 2.70 bits per heavy atom. The average Bonchev–Trinajstić information content (AvgIpc) is 3.06. The number of hydrogen-bond acceptors (Lipinski definition) is 4. The quantitative estimate of drug-likeness (QED) is 0.699. The molecular weight excluding hydrogens is 338 g/mol. The van der Waals surface area contributed by atoms with Crippen molar-refractivity contribution in [2.45, 2.75) is 39.0 Å². The molecule has 140 valence electrons. The average molecular weight is 363 g/mol. The Balaban J connectivity index is 1.76. The van der Waals surface area contributed by atoms with Gasteiger partial charge in [0.1, 0.15) is 5.82 Å². The van der Waals surface area contributed by atoms with E-state index in [0.29, 0.717) is 6.42 Å². The van der Waals surface area contributed by atoms with Crippen LogP contribution in [0.1, 0.15) is 46.6 Å². The zero-order chi connectivity index (χ0) is 19.4. The van der Waals surface area contributed by atoms with Crippen molar-refractivity contribution >= 4 is 5.91 Å². The summed E-state index contributed by atoms with van der Waals surface area (Å²) < 4.78 is 1.78. The first-order valence-electron chi connectivity index (χ1n) is 9.10. The summed E-state index contributed by atoms with van der Waals surface area (Å²) in [4.78, 5) is 20.8. The lowest BCUT2D eigenvalue weighted by Crippen LogP contribution is -2.20. The molecule has 2 N–H and O–H groups in total. The molecule has 0 spiro atoms. The molecule has 6 heteroatoms. The van der Waals surface area contributed by atoms with Gasteiger partial charge in [0.2, 0.25) is 5.91 Å². The van der Waals surface area contributed by atoms with Gasteiger partial charge in [0.15, 0.2) is 0 Å². The van der Waals surface area contributed by atoms with Crippen LogP contribution in [0.15, 0.2) is 42.9 Å². The molecule has 27 heavy (non-hydrogen) atoms. The maximum absolute atomic E-state index is 11.6. The van der Waals surface area contributed by atoms with Crippen LogP contribution in [0.25, 0.3) is 0 Å². The number of nitrogens with two attached hydrogens (primary N) is 1. The van der Waals surface area contributed by atoms with E-state index in [0.717, 1.165) is 46.6 Å². The second kappa shape index (κ2) is 8.12. The van der Waals surface area contributed by atoms with E-state index in [-0.39, 0.29) is 11.8 Å². The van der Waals surface area contributed by atoms with Gasteiger partial charge < -0.3 is 5.73 Å². The molecule has 0 bridgehead atoms. The predicted octanol–water partition coefficient (Wildman–Crippen LogP) is 2.48. The third kappa shape index (κ3) is 4.58. The Kier molecular flexibility index (Phi) is 5.64. The van der Waals surface area contributed by atoms with Crippen LogP contribution < -0.4 is 5.73 Å². The molecule has 3 aromatic rings. The SMILES string of the molecule is Cc1cnc(Cc2cnn(C)c2)nc1CCc1ccccc1[C@H](C)C(N)=O. The molecular formula is C21H25N5O. The van der Waals surface area contributed by atoms with Crippen LogP contribution in [0.3, 0.4) is 0 Å². The minimum absolute atomic E-state index is 0.297. The summed E-state index contributed by atoms with van der Waals surface area (Å²) in [5.41, 5.74) is 10.8. The fourth-order valence-electron chi connectivity index (χ4n) is 3.19.